The Balaban J connectivity index is 2.41. The summed E-state index contributed by atoms with van der Waals surface area (Å²) >= 11 is 0. The molecule has 0 bridgehead atoms. The third-order valence-corrected chi connectivity index (χ3v) is 1.13. The van der Waals surface area contributed by atoms with Crippen LogP contribution in [0.1, 0.15) is 6.42 Å². The molecule has 0 aromatic rings. The average molecular weight is 101 g/mol. The van der Waals surface area contributed by atoms with E-state index in [0.29, 0.717) is 6.33 Å². The molecule has 0 unspecified atom stereocenters. The van der Waals surface area contributed by atoms with E-state index in [4.69, 9.17) is 0 Å². The van der Waals surface area contributed by atoms with Gasteiger partial charge in [0.1, 0.15) is 0 Å². The Morgan fingerprint density at radius 2 is 2.57 bits per heavy atom. The van der Waals surface area contributed by atoms with Gasteiger partial charge >= 0.3 is 0 Å². The molecule has 0 spiro atoms. The van der Waals surface area contributed by atoms with Crippen molar-refractivity contribution in [2.24, 2.45) is 0 Å². The summed E-state index contributed by atoms with van der Waals surface area (Å²) < 4.78 is 11.5. The second kappa shape index (κ2) is 2.07. The minimum atomic E-state index is 0.694. The second-order valence-electron chi connectivity index (χ2n) is 1.69. The van der Waals surface area contributed by atoms with Crippen molar-refractivity contribution in [3.8, 4) is 0 Å². The van der Waals surface area contributed by atoms with Gasteiger partial charge in [0.2, 0.25) is 0 Å². The first kappa shape index (κ1) is 4.78. The van der Waals surface area contributed by atoms with Crippen molar-refractivity contribution in [2.45, 2.75) is 6.42 Å². The molecule has 1 rings (SSSR count). The van der Waals surface area contributed by atoms with E-state index in [2.05, 4.69) is 5.32 Å². The number of hydrogen-bond acceptors (Lipinski definition) is 1. The van der Waals surface area contributed by atoms with Crippen LogP contribution in [-0.4, -0.2) is 13.1 Å². The highest BCUT2D eigenvalue weighted by Crippen LogP contribution is 2.03. The molecular weight excluding hydrogens is 93.1 g/mol. The van der Waals surface area contributed by atoms with E-state index in [9.17, 15) is 4.39 Å². The largest absolute Gasteiger partial charge is 0.313 e. The molecule has 1 aliphatic heterocycles. The van der Waals surface area contributed by atoms with Crippen LogP contribution in [0.15, 0.2) is 11.9 Å². The molecule has 0 atom stereocenters. The molecule has 1 heterocycles. The minimum Gasteiger partial charge on any atom is -0.313 e. The van der Waals surface area contributed by atoms with Crippen LogP contribution in [-0.2, 0) is 0 Å². The number of nitrogens with one attached hydrogen (secondary N) is 1. The highest BCUT2D eigenvalue weighted by Gasteiger charge is 2.03. The predicted molar refractivity (Wildman–Crippen MR) is 26.7 cm³/mol. The van der Waals surface area contributed by atoms with Crippen LogP contribution in [0.4, 0.5) is 4.39 Å². The Labute approximate surface area is 42.2 Å². The summed E-state index contributed by atoms with van der Waals surface area (Å²) in [6.45, 7) is 1.69. The quantitative estimate of drug-likeness (QED) is 0.476. The van der Waals surface area contributed by atoms with E-state index >= 15 is 0 Å². The maximum Gasteiger partial charge on any atom is 0.0872 e. The van der Waals surface area contributed by atoms with Gasteiger partial charge in [0.25, 0.3) is 0 Å². The molecule has 0 aromatic carbocycles. The fourth-order valence-electron chi connectivity index (χ4n) is 0.679. The molecule has 0 amide bonds. The Kier molecular flexibility index (Phi) is 1.42. The van der Waals surface area contributed by atoms with E-state index in [1.807, 2.05) is 0 Å². The molecule has 0 radical (unpaired) electrons. The fourth-order valence-corrected chi connectivity index (χ4v) is 0.679. The monoisotopic (exact) mass is 101 g/mol. The third-order valence-electron chi connectivity index (χ3n) is 1.13. The summed E-state index contributed by atoms with van der Waals surface area (Å²) in [5.41, 5.74) is 0.889. The molecule has 40 valence electrons. The molecule has 2 heteroatoms. The van der Waals surface area contributed by atoms with Gasteiger partial charge in [-0.2, -0.15) is 0 Å². The first-order valence-electron chi connectivity index (χ1n) is 2.42. The van der Waals surface area contributed by atoms with Crippen molar-refractivity contribution in [3.63, 3.8) is 0 Å². The SMILES string of the molecule is F/C=C1\CCNC1. The topological polar surface area (TPSA) is 12.0 Å². The van der Waals surface area contributed by atoms with E-state index in [0.717, 1.165) is 25.1 Å². The van der Waals surface area contributed by atoms with Crippen LogP contribution >= 0.6 is 0 Å². The van der Waals surface area contributed by atoms with Crippen LogP contribution in [0.2, 0.25) is 0 Å². The molecule has 0 aromatic heterocycles. The molecule has 1 nitrogen and oxygen atoms in total. The minimum absolute atomic E-state index is 0.694. The molecular formula is C5H8FN. The Morgan fingerprint density at radius 1 is 1.71 bits per heavy atom. The summed E-state index contributed by atoms with van der Waals surface area (Å²) in [5, 5.41) is 3.01. The zero-order valence-electron chi connectivity index (χ0n) is 4.08. The normalized spacial score (nSPS) is 26.7. The third kappa shape index (κ3) is 0.996. The smallest absolute Gasteiger partial charge is 0.0872 e. The molecule has 1 N–H and O–H groups in total. The molecule has 1 aliphatic rings. The Morgan fingerprint density at radius 3 is 2.86 bits per heavy atom. The molecule has 0 aliphatic carbocycles. The lowest BCUT2D eigenvalue weighted by atomic mass is 10.3. The van der Waals surface area contributed by atoms with Crippen LogP contribution in [0.3, 0.4) is 0 Å². The highest BCUT2D eigenvalue weighted by molar-refractivity contribution is 5.04. The number of rotatable bonds is 0. The van der Waals surface area contributed by atoms with Gasteiger partial charge in [-0.05, 0) is 18.5 Å². The zero-order chi connectivity index (χ0) is 5.11. The van der Waals surface area contributed by atoms with Gasteiger partial charge in [0.15, 0.2) is 0 Å². The lowest BCUT2D eigenvalue weighted by Crippen LogP contribution is -2.04. The van der Waals surface area contributed by atoms with Gasteiger partial charge in [-0.25, -0.2) is 4.39 Å². The van der Waals surface area contributed by atoms with Gasteiger partial charge in [0, 0.05) is 6.54 Å². The van der Waals surface area contributed by atoms with E-state index in [1.54, 1.807) is 0 Å². The van der Waals surface area contributed by atoms with Crippen molar-refractivity contribution in [2.75, 3.05) is 13.1 Å². The zero-order valence-corrected chi connectivity index (χ0v) is 4.08. The fraction of sp³-hybridized carbons (Fsp3) is 0.600. The number of halogens is 1. The predicted octanol–water partition coefficient (Wildman–Crippen LogP) is 0.833. The van der Waals surface area contributed by atoms with Crippen LogP contribution in [0, 0.1) is 0 Å². The van der Waals surface area contributed by atoms with Gasteiger partial charge in [-0.3, -0.25) is 0 Å². The maximum atomic E-state index is 11.5. The van der Waals surface area contributed by atoms with Gasteiger partial charge in [-0.15, -0.1) is 0 Å². The second-order valence-corrected chi connectivity index (χ2v) is 1.69. The van der Waals surface area contributed by atoms with Crippen molar-refractivity contribution in [1.29, 1.82) is 0 Å². The van der Waals surface area contributed by atoms with Crippen LogP contribution in [0.5, 0.6) is 0 Å². The van der Waals surface area contributed by atoms with Crippen LogP contribution in [0.25, 0.3) is 0 Å². The van der Waals surface area contributed by atoms with Crippen molar-refractivity contribution in [1.82, 2.24) is 5.32 Å². The van der Waals surface area contributed by atoms with Crippen LogP contribution < -0.4 is 5.32 Å². The molecule has 1 fully saturated rings. The van der Waals surface area contributed by atoms with E-state index in [-0.39, 0.29) is 0 Å². The van der Waals surface area contributed by atoms with Gasteiger partial charge in [0.05, 0.1) is 6.33 Å². The van der Waals surface area contributed by atoms with Gasteiger partial charge in [-0.1, -0.05) is 0 Å². The molecule has 0 saturated carbocycles. The summed E-state index contributed by atoms with van der Waals surface area (Å²) in [7, 11) is 0. The van der Waals surface area contributed by atoms with Crippen molar-refractivity contribution >= 4 is 0 Å². The van der Waals surface area contributed by atoms with Crippen molar-refractivity contribution in [3.05, 3.63) is 11.9 Å². The average Bonchev–Trinajstić information content (AvgIpc) is 2.14. The van der Waals surface area contributed by atoms with E-state index < -0.39 is 0 Å². The molecule has 1 saturated heterocycles. The Hall–Kier alpha value is -0.370. The first-order chi connectivity index (χ1) is 3.43. The summed E-state index contributed by atoms with van der Waals surface area (Å²) in [5.74, 6) is 0. The summed E-state index contributed by atoms with van der Waals surface area (Å²) in [6, 6.07) is 0. The van der Waals surface area contributed by atoms with Crippen molar-refractivity contribution < 1.29 is 4.39 Å². The number of hydrogen-bond donors (Lipinski definition) is 1. The molecule has 7 heavy (non-hydrogen) atoms. The standard InChI is InChI=1S/C5H8FN/c6-3-5-1-2-7-4-5/h3,7H,1-2,4H2/b5-3+. The first-order valence-corrected chi connectivity index (χ1v) is 2.42. The van der Waals surface area contributed by atoms with E-state index in [1.165, 1.54) is 0 Å². The van der Waals surface area contributed by atoms with Gasteiger partial charge < -0.3 is 5.32 Å². The highest BCUT2D eigenvalue weighted by atomic mass is 19.1. The lowest BCUT2D eigenvalue weighted by Gasteiger charge is -1.82. The summed E-state index contributed by atoms with van der Waals surface area (Å²) in [4.78, 5) is 0. The lowest BCUT2D eigenvalue weighted by molar-refractivity contribution is 0.705. The summed E-state index contributed by atoms with van der Waals surface area (Å²) in [6.07, 6.45) is 1.58. The Bertz CT molecular complexity index is 80.1. The maximum absolute atomic E-state index is 11.5.